The number of aliphatic hydroxyl groups excluding tert-OH is 1. The molecule has 0 saturated carbocycles. The van der Waals surface area contributed by atoms with Gasteiger partial charge in [0.05, 0.1) is 0 Å². The second kappa shape index (κ2) is 11.0. The molecule has 1 N–H and O–H groups in total. The fraction of sp³-hybridized carbons (Fsp3) is 0.917. The van der Waals surface area contributed by atoms with E-state index in [0.717, 1.165) is 19.3 Å². The zero-order valence-electron chi connectivity index (χ0n) is 10.4. The summed E-state index contributed by atoms with van der Waals surface area (Å²) in [5.74, 6) is -0.0348. The second-order valence-corrected chi connectivity index (χ2v) is 3.83. The number of carbonyl (C=O) groups excluding carboxylic acids is 1. The topological polar surface area (TPSA) is 55.8 Å². The summed E-state index contributed by atoms with van der Waals surface area (Å²) >= 11 is 0. The van der Waals surface area contributed by atoms with E-state index in [1.165, 1.54) is 7.11 Å². The van der Waals surface area contributed by atoms with Crippen LogP contribution in [0.5, 0.6) is 0 Å². The van der Waals surface area contributed by atoms with E-state index in [1.807, 2.05) is 0 Å². The molecule has 0 saturated heterocycles. The van der Waals surface area contributed by atoms with E-state index in [2.05, 4.69) is 6.92 Å². The van der Waals surface area contributed by atoms with Crippen molar-refractivity contribution in [3.8, 4) is 0 Å². The summed E-state index contributed by atoms with van der Waals surface area (Å²) in [4.78, 5) is 11.6. The lowest BCUT2D eigenvalue weighted by Crippen LogP contribution is -2.28. The maximum absolute atomic E-state index is 11.6. The van der Waals surface area contributed by atoms with Crippen molar-refractivity contribution >= 4 is 5.78 Å². The number of Topliss-reactive ketones (excluding diaryl/α,β-unsaturated/α-hetero) is 1. The van der Waals surface area contributed by atoms with E-state index in [9.17, 15) is 4.79 Å². The van der Waals surface area contributed by atoms with Crippen LogP contribution in [0.3, 0.4) is 0 Å². The van der Waals surface area contributed by atoms with Gasteiger partial charge >= 0.3 is 0 Å². The lowest BCUT2D eigenvalue weighted by Gasteiger charge is -2.15. The summed E-state index contributed by atoms with van der Waals surface area (Å²) in [5.41, 5.74) is 0. The number of aliphatic hydroxyl groups is 1. The average Bonchev–Trinajstić information content (AvgIpc) is 2.28. The molecular formula is C12H24O4. The average molecular weight is 232 g/mol. The Morgan fingerprint density at radius 1 is 1.31 bits per heavy atom. The van der Waals surface area contributed by atoms with E-state index < -0.39 is 6.10 Å². The van der Waals surface area contributed by atoms with Crippen molar-refractivity contribution < 1.29 is 19.4 Å². The van der Waals surface area contributed by atoms with Gasteiger partial charge in [-0.05, 0) is 19.3 Å². The molecule has 0 bridgehead atoms. The van der Waals surface area contributed by atoms with Crippen molar-refractivity contribution in [1.82, 2.24) is 0 Å². The van der Waals surface area contributed by atoms with Crippen molar-refractivity contribution in [3.05, 3.63) is 0 Å². The summed E-state index contributed by atoms with van der Waals surface area (Å²) in [6, 6.07) is 0. The summed E-state index contributed by atoms with van der Waals surface area (Å²) in [6.07, 6.45) is 3.98. The van der Waals surface area contributed by atoms with Gasteiger partial charge in [-0.25, -0.2) is 0 Å². The van der Waals surface area contributed by atoms with Gasteiger partial charge in [0.25, 0.3) is 0 Å². The lowest BCUT2D eigenvalue weighted by molar-refractivity contribution is -0.135. The molecule has 4 nitrogen and oxygen atoms in total. The molecule has 0 aromatic heterocycles. The van der Waals surface area contributed by atoms with Crippen molar-refractivity contribution in [2.24, 2.45) is 0 Å². The van der Waals surface area contributed by atoms with Crippen LogP contribution in [0.2, 0.25) is 0 Å². The molecule has 0 aromatic carbocycles. The molecule has 1 atom stereocenters. The minimum absolute atomic E-state index is 0.0348. The number of rotatable bonds is 11. The molecule has 0 aliphatic rings. The van der Waals surface area contributed by atoms with Crippen LogP contribution in [0, 0.1) is 0 Å². The number of unbranched alkanes of at least 4 members (excludes halogenated alkanes) is 2. The predicted molar refractivity (Wildman–Crippen MR) is 62.5 cm³/mol. The number of carbonyl (C=O) groups is 1. The van der Waals surface area contributed by atoms with Crippen molar-refractivity contribution in [3.63, 3.8) is 0 Å². The second-order valence-electron chi connectivity index (χ2n) is 3.83. The van der Waals surface area contributed by atoms with Gasteiger partial charge in [-0.3, -0.25) is 4.79 Å². The van der Waals surface area contributed by atoms with E-state index in [-0.39, 0.29) is 19.0 Å². The van der Waals surface area contributed by atoms with Crippen LogP contribution in [-0.4, -0.2) is 43.9 Å². The normalized spacial score (nSPS) is 12.7. The van der Waals surface area contributed by atoms with Gasteiger partial charge < -0.3 is 14.6 Å². The smallest absolute Gasteiger partial charge is 0.187 e. The minimum atomic E-state index is -0.413. The Balaban J connectivity index is 3.84. The third kappa shape index (κ3) is 7.79. The molecule has 0 spiro atoms. The highest BCUT2D eigenvalue weighted by Gasteiger charge is 2.17. The first-order valence-electron chi connectivity index (χ1n) is 6.00. The van der Waals surface area contributed by atoms with Gasteiger partial charge in [0.2, 0.25) is 0 Å². The molecule has 0 rings (SSSR count). The van der Waals surface area contributed by atoms with Crippen LogP contribution >= 0.6 is 0 Å². The molecule has 16 heavy (non-hydrogen) atoms. The first-order chi connectivity index (χ1) is 7.76. The van der Waals surface area contributed by atoms with E-state index >= 15 is 0 Å². The Kier molecular flexibility index (Phi) is 10.7. The molecule has 0 fully saturated rings. The molecule has 1 unspecified atom stereocenters. The molecule has 0 radical (unpaired) electrons. The van der Waals surface area contributed by atoms with E-state index in [1.54, 1.807) is 0 Å². The van der Waals surface area contributed by atoms with Gasteiger partial charge in [-0.2, -0.15) is 0 Å². The number of ether oxygens (including phenoxy) is 2. The number of methoxy groups -OCH3 is 1. The van der Waals surface area contributed by atoms with Crippen molar-refractivity contribution in [2.45, 2.75) is 45.1 Å². The zero-order valence-corrected chi connectivity index (χ0v) is 10.4. The molecule has 0 aliphatic heterocycles. The summed E-state index contributed by atoms with van der Waals surface area (Å²) in [6.45, 7) is 2.91. The molecule has 4 heteroatoms. The van der Waals surface area contributed by atoms with Crippen LogP contribution in [0.4, 0.5) is 0 Å². The van der Waals surface area contributed by atoms with Crippen LogP contribution in [0.25, 0.3) is 0 Å². The maximum Gasteiger partial charge on any atom is 0.187 e. The number of hydrogen-bond acceptors (Lipinski definition) is 4. The Morgan fingerprint density at radius 3 is 2.62 bits per heavy atom. The summed E-state index contributed by atoms with van der Waals surface area (Å²) < 4.78 is 10.3. The van der Waals surface area contributed by atoms with Gasteiger partial charge in [-0.1, -0.05) is 19.8 Å². The monoisotopic (exact) mass is 232 g/mol. The summed E-state index contributed by atoms with van der Waals surface area (Å²) in [5, 5.41) is 8.74. The Labute approximate surface area is 97.9 Å². The zero-order chi connectivity index (χ0) is 12.2. The van der Waals surface area contributed by atoms with Crippen molar-refractivity contribution in [2.75, 3.05) is 26.9 Å². The highest BCUT2D eigenvalue weighted by molar-refractivity contribution is 5.84. The highest BCUT2D eigenvalue weighted by atomic mass is 16.5. The predicted octanol–water partition coefficient (Wildman–Crippen LogP) is 1.55. The minimum Gasteiger partial charge on any atom is -0.396 e. The largest absolute Gasteiger partial charge is 0.396 e. The molecule has 0 amide bonds. The van der Waals surface area contributed by atoms with E-state index in [0.29, 0.717) is 19.4 Å². The molecule has 0 aromatic rings. The highest BCUT2D eigenvalue weighted by Crippen LogP contribution is 2.06. The quantitative estimate of drug-likeness (QED) is 0.549. The Morgan fingerprint density at radius 2 is 2.06 bits per heavy atom. The van der Waals surface area contributed by atoms with Crippen LogP contribution in [-0.2, 0) is 14.3 Å². The van der Waals surface area contributed by atoms with Crippen LogP contribution in [0.15, 0.2) is 0 Å². The van der Waals surface area contributed by atoms with Crippen LogP contribution < -0.4 is 0 Å². The Hall–Kier alpha value is -0.450. The van der Waals surface area contributed by atoms with Gasteiger partial charge in [0.15, 0.2) is 5.78 Å². The third-order valence-corrected chi connectivity index (χ3v) is 2.34. The molecule has 0 heterocycles. The van der Waals surface area contributed by atoms with Crippen LogP contribution in [0.1, 0.15) is 39.0 Å². The number of hydrogen-bond donors (Lipinski definition) is 1. The molecule has 96 valence electrons. The van der Waals surface area contributed by atoms with Crippen molar-refractivity contribution in [1.29, 1.82) is 0 Å². The first kappa shape index (κ1) is 15.6. The van der Waals surface area contributed by atoms with Gasteiger partial charge in [0, 0.05) is 20.3 Å². The number of ketones is 1. The third-order valence-electron chi connectivity index (χ3n) is 2.34. The SMILES string of the molecule is CCCCCOC(CCCO)C(=O)COC. The lowest BCUT2D eigenvalue weighted by atomic mass is 10.1. The molecular weight excluding hydrogens is 208 g/mol. The van der Waals surface area contributed by atoms with Gasteiger partial charge in [0.1, 0.15) is 12.7 Å². The molecule has 0 aliphatic carbocycles. The first-order valence-corrected chi connectivity index (χ1v) is 6.00. The summed E-state index contributed by atoms with van der Waals surface area (Å²) in [7, 11) is 1.50. The fourth-order valence-electron chi connectivity index (χ4n) is 1.43. The Bertz CT molecular complexity index is 170. The fourth-order valence-corrected chi connectivity index (χ4v) is 1.43. The van der Waals surface area contributed by atoms with Gasteiger partial charge in [-0.15, -0.1) is 0 Å². The maximum atomic E-state index is 11.6. The standard InChI is InChI=1S/C12H24O4/c1-3-4-5-9-16-12(7-6-8-13)11(14)10-15-2/h12-13H,3-10H2,1-2H3. The van der Waals surface area contributed by atoms with E-state index in [4.69, 9.17) is 14.6 Å².